The normalized spacial score (nSPS) is 14.1. The van der Waals surface area contributed by atoms with Gasteiger partial charge in [-0.25, -0.2) is 4.98 Å². The summed E-state index contributed by atoms with van der Waals surface area (Å²) in [5.74, 6) is 0.941. The summed E-state index contributed by atoms with van der Waals surface area (Å²) in [6, 6.07) is 4.96. The topological polar surface area (TPSA) is 77.2 Å². The molecule has 20 heavy (non-hydrogen) atoms. The molecule has 1 amide bonds. The number of carbonyl (C=O) groups excluding carboxylic acids is 1. The molecule has 0 radical (unpaired) electrons. The zero-order valence-corrected chi connectivity index (χ0v) is 11.9. The lowest BCUT2D eigenvalue weighted by Gasteiger charge is -2.06. The van der Waals surface area contributed by atoms with Gasteiger partial charge in [-0.05, 0) is 31.0 Å². The van der Waals surface area contributed by atoms with Gasteiger partial charge in [-0.2, -0.15) is 0 Å². The molecule has 1 aliphatic carbocycles. The van der Waals surface area contributed by atoms with Crippen LogP contribution in [0.1, 0.15) is 34.8 Å². The number of hydrogen-bond donors (Lipinski definition) is 2. The van der Waals surface area contributed by atoms with Gasteiger partial charge in [0.05, 0.1) is 18.5 Å². The molecule has 1 aromatic carbocycles. The molecule has 0 unspecified atom stereocenters. The number of nitrogens with zero attached hydrogens (tertiary/aromatic N) is 1. The van der Waals surface area contributed by atoms with Gasteiger partial charge in [0.2, 0.25) is 0 Å². The molecule has 6 heteroatoms. The van der Waals surface area contributed by atoms with Crippen LogP contribution in [0.2, 0.25) is 0 Å². The van der Waals surface area contributed by atoms with Gasteiger partial charge in [0.15, 0.2) is 5.13 Å². The van der Waals surface area contributed by atoms with Crippen molar-refractivity contribution in [2.45, 2.75) is 18.8 Å². The number of carbonyl (C=O) groups is 1. The fourth-order valence-electron chi connectivity index (χ4n) is 1.96. The number of benzene rings is 1. The second kappa shape index (κ2) is 5.13. The summed E-state index contributed by atoms with van der Waals surface area (Å²) in [6.07, 6.45) is 2.40. The van der Waals surface area contributed by atoms with Crippen molar-refractivity contribution in [3.63, 3.8) is 0 Å². The molecule has 1 aromatic heterocycles. The first kappa shape index (κ1) is 12.9. The number of methoxy groups -OCH3 is 1. The number of nitrogens with two attached hydrogens (primary N) is 1. The van der Waals surface area contributed by atoms with Crippen molar-refractivity contribution in [3.05, 3.63) is 34.8 Å². The van der Waals surface area contributed by atoms with Gasteiger partial charge in [0.25, 0.3) is 5.91 Å². The van der Waals surface area contributed by atoms with Crippen LogP contribution in [-0.4, -0.2) is 18.0 Å². The SMILES string of the molecule is COc1ccc(C(=O)Nc2nc(C3CC3)cs2)cc1N. The Morgan fingerprint density at radius 3 is 2.95 bits per heavy atom. The van der Waals surface area contributed by atoms with E-state index in [1.54, 1.807) is 25.3 Å². The zero-order valence-electron chi connectivity index (χ0n) is 11.1. The van der Waals surface area contributed by atoms with Crippen LogP contribution in [0.3, 0.4) is 0 Å². The fraction of sp³-hybridized carbons (Fsp3) is 0.286. The number of thiazole rings is 1. The van der Waals surface area contributed by atoms with E-state index in [1.807, 2.05) is 5.38 Å². The Morgan fingerprint density at radius 2 is 2.30 bits per heavy atom. The predicted molar refractivity (Wildman–Crippen MR) is 79.4 cm³/mol. The maximum Gasteiger partial charge on any atom is 0.257 e. The lowest BCUT2D eigenvalue weighted by molar-refractivity contribution is 0.102. The molecule has 3 N–H and O–H groups in total. The quantitative estimate of drug-likeness (QED) is 0.848. The predicted octanol–water partition coefficient (Wildman–Crippen LogP) is 2.86. The van der Waals surface area contributed by atoms with E-state index in [0.717, 1.165) is 5.69 Å². The average Bonchev–Trinajstić information content (AvgIpc) is 3.19. The van der Waals surface area contributed by atoms with Crippen molar-refractivity contribution in [2.75, 3.05) is 18.2 Å². The maximum absolute atomic E-state index is 12.1. The first-order chi connectivity index (χ1) is 9.67. The van der Waals surface area contributed by atoms with Crippen molar-refractivity contribution in [2.24, 2.45) is 0 Å². The van der Waals surface area contributed by atoms with Crippen LogP contribution in [0.4, 0.5) is 10.8 Å². The van der Waals surface area contributed by atoms with Crippen LogP contribution in [0.5, 0.6) is 5.75 Å². The van der Waals surface area contributed by atoms with Crippen LogP contribution in [0, 0.1) is 0 Å². The molecule has 3 rings (SSSR count). The van der Waals surface area contributed by atoms with E-state index < -0.39 is 0 Å². The average molecular weight is 289 g/mol. The Hall–Kier alpha value is -2.08. The standard InChI is InChI=1S/C14H15N3O2S/c1-19-12-5-4-9(6-10(12)15)13(18)17-14-16-11(7-20-14)8-2-3-8/h4-8H,2-3,15H2,1H3,(H,16,17,18). The first-order valence-corrected chi connectivity index (χ1v) is 7.25. The van der Waals surface area contributed by atoms with Crippen molar-refractivity contribution in [1.29, 1.82) is 0 Å². The van der Waals surface area contributed by atoms with Crippen molar-refractivity contribution in [3.8, 4) is 5.75 Å². The van der Waals surface area contributed by atoms with Crippen LogP contribution in [0.15, 0.2) is 23.6 Å². The van der Waals surface area contributed by atoms with E-state index in [-0.39, 0.29) is 5.91 Å². The number of hydrogen-bond acceptors (Lipinski definition) is 5. The molecule has 1 aliphatic rings. The monoisotopic (exact) mass is 289 g/mol. The smallest absolute Gasteiger partial charge is 0.257 e. The van der Waals surface area contributed by atoms with E-state index in [1.165, 1.54) is 24.2 Å². The number of aromatic nitrogens is 1. The molecule has 1 heterocycles. The molecule has 2 aromatic rings. The highest BCUT2D eigenvalue weighted by molar-refractivity contribution is 7.14. The van der Waals surface area contributed by atoms with Gasteiger partial charge in [0.1, 0.15) is 5.75 Å². The van der Waals surface area contributed by atoms with Gasteiger partial charge in [-0.15, -0.1) is 11.3 Å². The van der Waals surface area contributed by atoms with Gasteiger partial charge < -0.3 is 10.5 Å². The van der Waals surface area contributed by atoms with Crippen molar-refractivity contribution >= 4 is 28.1 Å². The summed E-state index contributed by atoms with van der Waals surface area (Å²) in [5, 5.41) is 5.44. The second-order valence-electron chi connectivity index (χ2n) is 4.76. The third-order valence-corrected chi connectivity index (χ3v) is 4.01. The highest BCUT2D eigenvalue weighted by atomic mass is 32.1. The fourth-order valence-corrected chi connectivity index (χ4v) is 2.74. The van der Waals surface area contributed by atoms with Gasteiger partial charge in [-0.1, -0.05) is 0 Å². The van der Waals surface area contributed by atoms with E-state index in [9.17, 15) is 4.79 Å². The van der Waals surface area contributed by atoms with Crippen LogP contribution < -0.4 is 15.8 Å². The van der Waals surface area contributed by atoms with Gasteiger partial charge in [-0.3, -0.25) is 10.1 Å². The number of ether oxygens (including phenoxy) is 1. The number of amides is 1. The summed E-state index contributed by atoms with van der Waals surface area (Å²) in [4.78, 5) is 16.5. The summed E-state index contributed by atoms with van der Waals surface area (Å²) < 4.78 is 5.07. The summed E-state index contributed by atoms with van der Waals surface area (Å²) in [7, 11) is 1.54. The lowest BCUT2D eigenvalue weighted by Crippen LogP contribution is -2.12. The van der Waals surface area contributed by atoms with Crippen molar-refractivity contribution in [1.82, 2.24) is 4.98 Å². The van der Waals surface area contributed by atoms with E-state index in [4.69, 9.17) is 10.5 Å². The highest BCUT2D eigenvalue weighted by Crippen LogP contribution is 2.40. The molecular weight excluding hydrogens is 274 g/mol. The summed E-state index contributed by atoms with van der Waals surface area (Å²) in [5.41, 5.74) is 7.81. The van der Waals surface area contributed by atoms with Crippen LogP contribution in [-0.2, 0) is 0 Å². The summed E-state index contributed by atoms with van der Waals surface area (Å²) in [6.45, 7) is 0. The number of nitrogen functional groups attached to an aromatic ring is 1. The molecule has 1 saturated carbocycles. The summed E-state index contributed by atoms with van der Waals surface area (Å²) >= 11 is 1.45. The Kier molecular flexibility index (Phi) is 3.31. The Balaban J connectivity index is 1.72. The van der Waals surface area contributed by atoms with Gasteiger partial charge in [0, 0.05) is 16.9 Å². The minimum absolute atomic E-state index is 0.212. The largest absolute Gasteiger partial charge is 0.495 e. The second-order valence-corrected chi connectivity index (χ2v) is 5.62. The third-order valence-electron chi connectivity index (χ3n) is 3.23. The minimum Gasteiger partial charge on any atom is -0.495 e. The van der Waals surface area contributed by atoms with Gasteiger partial charge >= 0.3 is 0 Å². The molecule has 1 fully saturated rings. The molecule has 5 nitrogen and oxygen atoms in total. The minimum atomic E-state index is -0.212. The Bertz CT molecular complexity index is 650. The molecule has 0 atom stereocenters. The Labute approximate surface area is 120 Å². The molecule has 0 aliphatic heterocycles. The number of nitrogens with one attached hydrogen (secondary N) is 1. The number of anilines is 2. The van der Waals surface area contributed by atoms with E-state index in [0.29, 0.717) is 28.0 Å². The van der Waals surface area contributed by atoms with Crippen molar-refractivity contribution < 1.29 is 9.53 Å². The molecule has 0 bridgehead atoms. The van der Waals surface area contributed by atoms with Crippen LogP contribution in [0.25, 0.3) is 0 Å². The highest BCUT2D eigenvalue weighted by Gasteiger charge is 2.26. The Morgan fingerprint density at radius 1 is 1.50 bits per heavy atom. The molecule has 0 saturated heterocycles. The lowest BCUT2D eigenvalue weighted by atomic mass is 10.2. The van der Waals surface area contributed by atoms with E-state index >= 15 is 0 Å². The van der Waals surface area contributed by atoms with Crippen LogP contribution >= 0.6 is 11.3 Å². The third kappa shape index (κ3) is 2.60. The first-order valence-electron chi connectivity index (χ1n) is 6.37. The molecular formula is C14H15N3O2S. The molecule has 0 spiro atoms. The maximum atomic E-state index is 12.1. The molecule has 104 valence electrons. The van der Waals surface area contributed by atoms with E-state index in [2.05, 4.69) is 10.3 Å². The zero-order chi connectivity index (χ0) is 14.1. The number of rotatable bonds is 4.